The van der Waals surface area contributed by atoms with Crippen molar-refractivity contribution in [2.75, 3.05) is 31.6 Å². The van der Waals surface area contributed by atoms with Crippen LogP contribution < -0.4 is 10.1 Å². The predicted octanol–water partition coefficient (Wildman–Crippen LogP) is 3.66. The van der Waals surface area contributed by atoms with Gasteiger partial charge in [0, 0.05) is 24.2 Å². The summed E-state index contributed by atoms with van der Waals surface area (Å²) in [5.74, 6) is 1.60. The highest BCUT2D eigenvalue weighted by Gasteiger charge is 2.22. The van der Waals surface area contributed by atoms with Crippen LogP contribution in [0.3, 0.4) is 0 Å². The molecular formula is C25H32N2O3. The van der Waals surface area contributed by atoms with Gasteiger partial charge in [-0.1, -0.05) is 36.4 Å². The fraction of sp³-hybridized carbons (Fsp3) is 0.480. The molecule has 0 aromatic heterocycles. The predicted molar refractivity (Wildman–Crippen MR) is 119 cm³/mol. The number of amides is 1. The SMILES string of the molecule is O=C1CCc2c(cccc2OCC(O)CN2CCC(CCc3ccccc3)CC2)N1. The van der Waals surface area contributed by atoms with Gasteiger partial charge < -0.3 is 20.1 Å². The Labute approximate surface area is 179 Å². The summed E-state index contributed by atoms with van der Waals surface area (Å²) >= 11 is 0. The molecule has 5 nitrogen and oxygen atoms in total. The number of carbonyl (C=O) groups excluding carboxylic acids is 1. The van der Waals surface area contributed by atoms with Gasteiger partial charge in [-0.15, -0.1) is 0 Å². The van der Waals surface area contributed by atoms with Gasteiger partial charge in [-0.3, -0.25) is 4.79 Å². The molecule has 2 N–H and O–H groups in total. The number of ether oxygens (including phenoxy) is 1. The number of nitrogens with zero attached hydrogens (tertiary/aromatic N) is 1. The van der Waals surface area contributed by atoms with Gasteiger partial charge in [-0.05, 0) is 68.8 Å². The normalized spacial score (nSPS) is 18.5. The summed E-state index contributed by atoms with van der Waals surface area (Å²) in [6, 6.07) is 16.4. The average molecular weight is 409 g/mol. The Balaban J connectivity index is 1.18. The zero-order chi connectivity index (χ0) is 20.8. The van der Waals surface area contributed by atoms with Crippen LogP contribution in [0.25, 0.3) is 0 Å². The van der Waals surface area contributed by atoms with Crippen LogP contribution in [0.15, 0.2) is 48.5 Å². The van der Waals surface area contributed by atoms with Crippen molar-refractivity contribution in [1.82, 2.24) is 4.90 Å². The van der Waals surface area contributed by atoms with Crippen LogP contribution in [0, 0.1) is 5.92 Å². The van der Waals surface area contributed by atoms with Crippen LogP contribution >= 0.6 is 0 Å². The first-order chi connectivity index (χ1) is 14.7. The van der Waals surface area contributed by atoms with Crippen molar-refractivity contribution in [2.45, 2.75) is 44.6 Å². The molecule has 2 aromatic rings. The molecule has 160 valence electrons. The van der Waals surface area contributed by atoms with E-state index in [1.807, 2.05) is 18.2 Å². The van der Waals surface area contributed by atoms with Crippen molar-refractivity contribution >= 4 is 11.6 Å². The molecule has 0 aliphatic carbocycles. The summed E-state index contributed by atoms with van der Waals surface area (Å²) in [7, 11) is 0. The lowest BCUT2D eigenvalue weighted by Gasteiger charge is -2.33. The number of hydrogen-bond acceptors (Lipinski definition) is 4. The molecule has 5 heteroatoms. The molecule has 1 saturated heterocycles. The molecular weight excluding hydrogens is 376 g/mol. The second-order valence-corrected chi connectivity index (χ2v) is 8.56. The Morgan fingerprint density at radius 3 is 2.67 bits per heavy atom. The maximum absolute atomic E-state index is 11.6. The van der Waals surface area contributed by atoms with E-state index in [2.05, 4.69) is 40.5 Å². The number of aliphatic hydroxyl groups excluding tert-OH is 1. The molecule has 4 rings (SSSR count). The average Bonchev–Trinajstić information content (AvgIpc) is 2.77. The molecule has 1 amide bonds. The lowest BCUT2D eigenvalue weighted by atomic mass is 9.90. The smallest absolute Gasteiger partial charge is 0.224 e. The van der Waals surface area contributed by atoms with Gasteiger partial charge in [0.15, 0.2) is 0 Å². The van der Waals surface area contributed by atoms with Crippen LogP contribution in [0.5, 0.6) is 5.75 Å². The number of likely N-dealkylation sites (tertiary alicyclic amines) is 1. The van der Waals surface area contributed by atoms with Gasteiger partial charge in [-0.25, -0.2) is 0 Å². The Morgan fingerprint density at radius 2 is 1.87 bits per heavy atom. The Kier molecular flexibility index (Phi) is 7.03. The third-order valence-electron chi connectivity index (χ3n) is 6.30. The van der Waals surface area contributed by atoms with Crippen molar-refractivity contribution in [3.63, 3.8) is 0 Å². The number of nitrogens with one attached hydrogen (secondary N) is 1. The van der Waals surface area contributed by atoms with Gasteiger partial charge in [0.05, 0.1) is 0 Å². The molecule has 1 unspecified atom stereocenters. The lowest BCUT2D eigenvalue weighted by Crippen LogP contribution is -2.40. The van der Waals surface area contributed by atoms with Crippen LogP contribution in [0.4, 0.5) is 5.69 Å². The van der Waals surface area contributed by atoms with Crippen molar-refractivity contribution in [3.05, 3.63) is 59.7 Å². The molecule has 0 bridgehead atoms. The van der Waals surface area contributed by atoms with Crippen LogP contribution in [0.2, 0.25) is 0 Å². The molecule has 1 fully saturated rings. The number of aliphatic hydroxyl groups is 1. The topological polar surface area (TPSA) is 61.8 Å². The quantitative estimate of drug-likeness (QED) is 0.700. The Bertz CT molecular complexity index is 832. The van der Waals surface area contributed by atoms with Gasteiger partial charge in [0.25, 0.3) is 0 Å². The summed E-state index contributed by atoms with van der Waals surface area (Å²) in [4.78, 5) is 13.9. The first-order valence-electron chi connectivity index (χ1n) is 11.2. The third kappa shape index (κ3) is 5.61. The van der Waals surface area contributed by atoms with Crippen molar-refractivity contribution in [3.8, 4) is 5.75 Å². The highest BCUT2D eigenvalue weighted by atomic mass is 16.5. The standard InChI is InChI=1S/C25H32N2O3/c28-21(18-30-24-8-4-7-23-22(24)11-12-25(29)26-23)17-27-15-13-20(14-16-27)10-9-19-5-2-1-3-6-19/h1-8,20-21,28H,9-18H2,(H,26,29). The van der Waals surface area contributed by atoms with Crippen molar-refractivity contribution in [2.24, 2.45) is 5.92 Å². The number of hydrogen-bond donors (Lipinski definition) is 2. The number of fused-ring (bicyclic) bond motifs is 1. The van der Waals surface area contributed by atoms with Gasteiger partial charge in [0.1, 0.15) is 18.5 Å². The molecule has 0 saturated carbocycles. The van der Waals surface area contributed by atoms with E-state index in [1.54, 1.807) is 0 Å². The van der Waals surface area contributed by atoms with Gasteiger partial charge >= 0.3 is 0 Å². The summed E-state index contributed by atoms with van der Waals surface area (Å²) in [6.07, 6.45) is 5.46. The van der Waals surface area contributed by atoms with E-state index >= 15 is 0 Å². The van der Waals surface area contributed by atoms with Crippen LogP contribution in [-0.4, -0.2) is 48.3 Å². The number of aryl methyl sites for hydroxylation is 1. The molecule has 2 aromatic carbocycles. The Morgan fingerprint density at radius 1 is 1.07 bits per heavy atom. The van der Waals surface area contributed by atoms with E-state index in [1.165, 1.54) is 24.8 Å². The van der Waals surface area contributed by atoms with Crippen LogP contribution in [0.1, 0.15) is 36.8 Å². The minimum Gasteiger partial charge on any atom is -0.490 e. The van der Waals surface area contributed by atoms with E-state index in [0.717, 1.165) is 42.4 Å². The highest BCUT2D eigenvalue weighted by molar-refractivity contribution is 5.94. The molecule has 0 spiro atoms. The zero-order valence-electron chi connectivity index (χ0n) is 17.6. The number of carbonyl (C=O) groups is 1. The van der Waals surface area contributed by atoms with Gasteiger partial charge in [0.2, 0.25) is 5.91 Å². The monoisotopic (exact) mass is 408 g/mol. The Hall–Kier alpha value is -2.37. The van der Waals surface area contributed by atoms with E-state index < -0.39 is 6.10 Å². The third-order valence-corrected chi connectivity index (χ3v) is 6.30. The molecule has 0 radical (unpaired) electrons. The fourth-order valence-electron chi connectivity index (χ4n) is 4.54. The van der Waals surface area contributed by atoms with E-state index in [9.17, 15) is 9.90 Å². The van der Waals surface area contributed by atoms with E-state index in [-0.39, 0.29) is 12.5 Å². The minimum absolute atomic E-state index is 0.0480. The van der Waals surface area contributed by atoms with Crippen molar-refractivity contribution in [1.29, 1.82) is 0 Å². The molecule has 1 atom stereocenters. The molecule has 30 heavy (non-hydrogen) atoms. The number of anilines is 1. The fourth-order valence-corrected chi connectivity index (χ4v) is 4.54. The van der Waals surface area contributed by atoms with E-state index in [0.29, 0.717) is 19.4 Å². The molecule has 2 aliphatic rings. The number of benzene rings is 2. The van der Waals surface area contributed by atoms with Gasteiger partial charge in [-0.2, -0.15) is 0 Å². The summed E-state index contributed by atoms with van der Waals surface area (Å²) < 4.78 is 5.92. The lowest BCUT2D eigenvalue weighted by molar-refractivity contribution is -0.116. The summed E-state index contributed by atoms with van der Waals surface area (Å²) in [6.45, 7) is 3.02. The highest BCUT2D eigenvalue weighted by Crippen LogP contribution is 2.31. The minimum atomic E-state index is -0.514. The number of β-amino-alcohol motifs (C(OH)–C–C–N with tert-alkyl or cyclic N) is 1. The van der Waals surface area contributed by atoms with Crippen molar-refractivity contribution < 1.29 is 14.6 Å². The molecule has 2 aliphatic heterocycles. The van der Waals surface area contributed by atoms with Crippen LogP contribution in [-0.2, 0) is 17.6 Å². The number of piperidine rings is 1. The summed E-state index contributed by atoms with van der Waals surface area (Å²) in [5, 5.41) is 13.4. The maximum Gasteiger partial charge on any atom is 0.224 e. The second-order valence-electron chi connectivity index (χ2n) is 8.56. The first-order valence-corrected chi connectivity index (χ1v) is 11.2. The second kappa shape index (κ2) is 10.1. The summed E-state index contributed by atoms with van der Waals surface area (Å²) in [5.41, 5.74) is 3.29. The number of rotatable bonds is 8. The zero-order valence-corrected chi connectivity index (χ0v) is 17.6. The van der Waals surface area contributed by atoms with E-state index in [4.69, 9.17) is 4.74 Å². The first kappa shape index (κ1) is 20.9. The maximum atomic E-state index is 11.6. The molecule has 2 heterocycles. The largest absolute Gasteiger partial charge is 0.490 e.